The molecule has 1 amide bonds. The van der Waals surface area contributed by atoms with Crippen molar-refractivity contribution in [1.82, 2.24) is 4.90 Å². The molecule has 0 radical (unpaired) electrons. The van der Waals surface area contributed by atoms with E-state index in [1.54, 1.807) is 0 Å². The maximum absolute atomic E-state index is 11.5. The minimum absolute atomic E-state index is 0.210. The standard InChI is InChI=1S/C13H19NO2/c1-2-16-12(15)14-10-8-13(9-11-14)6-4-3-5-7-13/h8-11H,2-7H2,1H3. The van der Waals surface area contributed by atoms with Gasteiger partial charge in [0.15, 0.2) is 0 Å². The molecule has 1 heterocycles. The van der Waals surface area contributed by atoms with Crippen LogP contribution in [0.2, 0.25) is 0 Å². The number of rotatable bonds is 1. The normalized spacial score (nSPS) is 22.4. The van der Waals surface area contributed by atoms with Gasteiger partial charge in [0, 0.05) is 17.8 Å². The number of carbonyl (C=O) groups is 1. The Labute approximate surface area is 96.8 Å². The molecule has 1 aliphatic heterocycles. The Morgan fingerprint density at radius 1 is 1.25 bits per heavy atom. The minimum Gasteiger partial charge on any atom is -0.449 e. The molecule has 0 aromatic rings. The van der Waals surface area contributed by atoms with Crippen LogP contribution in [0.4, 0.5) is 4.79 Å². The van der Waals surface area contributed by atoms with Crippen LogP contribution in [0.15, 0.2) is 24.6 Å². The molecule has 2 rings (SSSR count). The van der Waals surface area contributed by atoms with Gasteiger partial charge in [-0.2, -0.15) is 0 Å². The summed E-state index contributed by atoms with van der Waals surface area (Å²) >= 11 is 0. The second-order valence-corrected chi connectivity index (χ2v) is 4.53. The highest BCUT2D eigenvalue weighted by atomic mass is 16.5. The Morgan fingerprint density at radius 3 is 2.44 bits per heavy atom. The van der Waals surface area contributed by atoms with Crippen molar-refractivity contribution in [3.63, 3.8) is 0 Å². The third-order valence-electron chi connectivity index (χ3n) is 3.40. The van der Waals surface area contributed by atoms with Crippen molar-refractivity contribution in [3.05, 3.63) is 24.6 Å². The fourth-order valence-electron chi connectivity index (χ4n) is 2.43. The molecule has 1 spiro atoms. The Morgan fingerprint density at radius 2 is 1.88 bits per heavy atom. The number of allylic oxidation sites excluding steroid dienone is 2. The quantitative estimate of drug-likeness (QED) is 0.678. The van der Waals surface area contributed by atoms with Crippen LogP contribution in [0.25, 0.3) is 0 Å². The summed E-state index contributed by atoms with van der Waals surface area (Å²) in [5, 5.41) is 0. The first-order valence-corrected chi connectivity index (χ1v) is 6.10. The number of nitrogens with zero attached hydrogens (tertiary/aromatic N) is 1. The predicted octanol–water partition coefficient (Wildman–Crippen LogP) is 3.44. The average molecular weight is 221 g/mol. The van der Waals surface area contributed by atoms with E-state index in [0.29, 0.717) is 6.61 Å². The third-order valence-corrected chi connectivity index (χ3v) is 3.40. The minimum atomic E-state index is -0.291. The lowest BCUT2D eigenvalue weighted by atomic mass is 9.73. The Kier molecular flexibility index (Phi) is 3.32. The van der Waals surface area contributed by atoms with Crippen LogP contribution in [0.1, 0.15) is 39.0 Å². The number of amides is 1. The fourth-order valence-corrected chi connectivity index (χ4v) is 2.43. The largest absolute Gasteiger partial charge is 0.449 e. The van der Waals surface area contributed by atoms with E-state index >= 15 is 0 Å². The summed E-state index contributed by atoms with van der Waals surface area (Å²) in [6.45, 7) is 2.24. The molecule has 0 aromatic heterocycles. The topological polar surface area (TPSA) is 29.5 Å². The highest BCUT2D eigenvalue weighted by Crippen LogP contribution is 2.40. The molecule has 0 bridgehead atoms. The molecule has 2 aliphatic rings. The van der Waals surface area contributed by atoms with Gasteiger partial charge in [0.05, 0.1) is 6.61 Å². The van der Waals surface area contributed by atoms with Crippen LogP contribution < -0.4 is 0 Å². The highest BCUT2D eigenvalue weighted by molar-refractivity contribution is 5.70. The molecular formula is C13H19NO2. The van der Waals surface area contributed by atoms with Crippen molar-refractivity contribution in [2.75, 3.05) is 6.61 Å². The van der Waals surface area contributed by atoms with Crippen molar-refractivity contribution < 1.29 is 9.53 Å². The van der Waals surface area contributed by atoms with Crippen molar-refractivity contribution >= 4 is 6.09 Å². The molecule has 3 nitrogen and oxygen atoms in total. The second-order valence-electron chi connectivity index (χ2n) is 4.53. The smallest absolute Gasteiger partial charge is 0.417 e. The summed E-state index contributed by atoms with van der Waals surface area (Å²) < 4.78 is 4.94. The van der Waals surface area contributed by atoms with E-state index in [1.165, 1.54) is 37.0 Å². The molecule has 0 atom stereocenters. The van der Waals surface area contributed by atoms with E-state index in [9.17, 15) is 4.79 Å². The van der Waals surface area contributed by atoms with Crippen molar-refractivity contribution in [1.29, 1.82) is 0 Å². The summed E-state index contributed by atoms with van der Waals surface area (Å²) in [6.07, 6.45) is 14.0. The summed E-state index contributed by atoms with van der Waals surface area (Å²) in [7, 11) is 0. The van der Waals surface area contributed by atoms with Crippen molar-refractivity contribution in [3.8, 4) is 0 Å². The molecule has 88 valence electrons. The maximum atomic E-state index is 11.5. The predicted molar refractivity (Wildman–Crippen MR) is 62.7 cm³/mol. The monoisotopic (exact) mass is 221 g/mol. The van der Waals surface area contributed by atoms with E-state index < -0.39 is 0 Å². The molecule has 0 saturated heterocycles. The molecule has 0 N–H and O–H groups in total. The van der Waals surface area contributed by atoms with Gasteiger partial charge in [-0.3, -0.25) is 4.90 Å². The summed E-state index contributed by atoms with van der Waals surface area (Å²) in [4.78, 5) is 13.0. The van der Waals surface area contributed by atoms with Gasteiger partial charge in [-0.25, -0.2) is 4.79 Å². The number of hydrogen-bond acceptors (Lipinski definition) is 2. The molecule has 1 aliphatic carbocycles. The van der Waals surface area contributed by atoms with Crippen LogP contribution in [0.3, 0.4) is 0 Å². The molecule has 0 unspecified atom stereocenters. The van der Waals surface area contributed by atoms with Crippen LogP contribution in [-0.4, -0.2) is 17.6 Å². The zero-order chi connectivity index (χ0) is 11.4. The zero-order valence-corrected chi connectivity index (χ0v) is 9.82. The first kappa shape index (κ1) is 11.2. The lowest BCUT2D eigenvalue weighted by Gasteiger charge is -2.34. The van der Waals surface area contributed by atoms with Crippen LogP contribution >= 0.6 is 0 Å². The molecule has 3 heteroatoms. The van der Waals surface area contributed by atoms with Gasteiger partial charge in [-0.05, 0) is 19.8 Å². The van der Waals surface area contributed by atoms with Crippen LogP contribution in [0, 0.1) is 5.41 Å². The van der Waals surface area contributed by atoms with Crippen molar-refractivity contribution in [2.45, 2.75) is 39.0 Å². The zero-order valence-electron chi connectivity index (χ0n) is 9.82. The highest BCUT2D eigenvalue weighted by Gasteiger charge is 2.29. The van der Waals surface area contributed by atoms with Gasteiger partial charge in [0.1, 0.15) is 0 Å². The van der Waals surface area contributed by atoms with E-state index in [4.69, 9.17) is 4.74 Å². The summed E-state index contributed by atoms with van der Waals surface area (Å²) in [5.41, 5.74) is 0.210. The summed E-state index contributed by atoms with van der Waals surface area (Å²) in [6, 6.07) is 0. The first-order valence-electron chi connectivity index (χ1n) is 6.10. The van der Waals surface area contributed by atoms with Crippen LogP contribution in [-0.2, 0) is 4.74 Å². The lowest BCUT2D eigenvalue weighted by Crippen LogP contribution is -2.28. The number of hydrogen-bond donors (Lipinski definition) is 0. The van der Waals surface area contributed by atoms with E-state index in [0.717, 1.165) is 0 Å². The van der Waals surface area contributed by atoms with Gasteiger partial charge >= 0.3 is 6.09 Å². The number of carbonyl (C=O) groups excluding carboxylic acids is 1. The van der Waals surface area contributed by atoms with E-state index in [-0.39, 0.29) is 11.5 Å². The van der Waals surface area contributed by atoms with Gasteiger partial charge in [0.25, 0.3) is 0 Å². The van der Waals surface area contributed by atoms with Gasteiger partial charge in [0.2, 0.25) is 0 Å². The fraction of sp³-hybridized carbons (Fsp3) is 0.615. The molecular weight excluding hydrogens is 202 g/mol. The van der Waals surface area contributed by atoms with Gasteiger partial charge in [-0.1, -0.05) is 31.4 Å². The van der Waals surface area contributed by atoms with E-state index in [1.807, 2.05) is 19.3 Å². The molecule has 16 heavy (non-hydrogen) atoms. The molecule has 1 fully saturated rings. The Hall–Kier alpha value is -1.25. The van der Waals surface area contributed by atoms with Crippen molar-refractivity contribution in [2.24, 2.45) is 5.41 Å². The third kappa shape index (κ3) is 2.29. The Bertz CT molecular complexity index is 298. The number of ether oxygens (including phenoxy) is 1. The maximum Gasteiger partial charge on any atom is 0.417 e. The van der Waals surface area contributed by atoms with Crippen LogP contribution in [0.5, 0.6) is 0 Å². The van der Waals surface area contributed by atoms with Gasteiger partial charge in [-0.15, -0.1) is 0 Å². The SMILES string of the molecule is CCOC(=O)N1C=CC2(C=C1)CCCCC2. The first-order chi connectivity index (χ1) is 7.76. The average Bonchev–Trinajstić information content (AvgIpc) is 2.31. The second kappa shape index (κ2) is 4.73. The summed E-state index contributed by atoms with van der Waals surface area (Å²) in [5.74, 6) is 0. The molecule has 0 aromatic carbocycles. The molecule has 1 saturated carbocycles. The van der Waals surface area contributed by atoms with E-state index in [2.05, 4.69) is 12.2 Å². The van der Waals surface area contributed by atoms with Gasteiger partial charge < -0.3 is 4.74 Å². The lowest BCUT2D eigenvalue weighted by molar-refractivity contribution is 0.131. The Balaban J connectivity index is 1.99.